The molecule has 1 aromatic heterocycles. The maximum Gasteiger partial charge on any atom is 0.264 e. The maximum absolute atomic E-state index is 12.7. The highest BCUT2D eigenvalue weighted by Crippen LogP contribution is 2.24. The van der Waals surface area contributed by atoms with Crippen LogP contribution in [0.1, 0.15) is 11.1 Å². The first-order chi connectivity index (χ1) is 10.5. The Balaban J connectivity index is 2.07. The van der Waals surface area contributed by atoms with Gasteiger partial charge in [0.2, 0.25) is 0 Å². The highest BCUT2D eigenvalue weighted by atomic mass is 32.2. The summed E-state index contributed by atoms with van der Waals surface area (Å²) in [5.74, 6) is 0. The Labute approximate surface area is 129 Å². The molecular weight excluding hydrogens is 296 g/mol. The molecule has 3 aromatic rings. The summed E-state index contributed by atoms with van der Waals surface area (Å²) in [6.45, 7) is 3.94. The molecule has 0 atom stereocenters. The maximum atomic E-state index is 12.7. The van der Waals surface area contributed by atoms with Gasteiger partial charge in [0.15, 0.2) is 0 Å². The molecule has 0 aliphatic carbocycles. The molecule has 0 saturated carbocycles. The van der Waals surface area contributed by atoms with E-state index >= 15 is 0 Å². The number of aryl methyl sites for hydroxylation is 2. The molecule has 0 radical (unpaired) electrons. The van der Waals surface area contributed by atoms with Crippen molar-refractivity contribution in [3.05, 3.63) is 65.9 Å². The van der Waals surface area contributed by atoms with E-state index in [4.69, 9.17) is 0 Å². The molecule has 22 heavy (non-hydrogen) atoms. The SMILES string of the molecule is Cc1ccc(NS(=O)(=O)c2cccc3cccnc23)cc1C. The molecule has 0 fully saturated rings. The van der Waals surface area contributed by atoms with Gasteiger partial charge in [0.05, 0.1) is 5.52 Å². The fourth-order valence-electron chi connectivity index (χ4n) is 2.31. The lowest BCUT2D eigenvalue weighted by Gasteiger charge is -2.11. The quantitative estimate of drug-likeness (QED) is 0.803. The number of nitrogens with zero attached hydrogens (tertiary/aromatic N) is 1. The van der Waals surface area contributed by atoms with Crippen molar-refractivity contribution in [3.63, 3.8) is 0 Å². The van der Waals surface area contributed by atoms with Crippen LogP contribution < -0.4 is 4.72 Å². The van der Waals surface area contributed by atoms with Crippen molar-refractivity contribution in [3.8, 4) is 0 Å². The van der Waals surface area contributed by atoms with Gasteiger partial charge < -0.3 is 0 Å². The van der Waals surface area contributed by atoms with Crippen molar-refractivity contribution in [2.45, 2.75) is 18.7 Å². The van der Waals surface area contributed by atoms with Gasteiger partial charge >= 0.3 is 0 Å². The van der Waals surface area contributed by atoms with Gasteiger partial charge in [-0.1, -0.05) is 24.3 Å². The zero-order chi connectivity index (χ0) is 15.7. The number of rotatable bonds is 3. The summed E-state index contributed by atoms with van der Waals surface area (Å²) in [7, 11) is -3.68. The minimum absolute atomic E-state index is 0.184. The van der Waals surface area contributed by atoms with Gasteiger partial charge in [-0.05, 0) is 49.2 Å². The van der Waals surface area contributed by atoms with Gasteiger partial charge in [0.1, 0.15) is 4.90 Å². The van der Waals surface area contributed by atoms with Crippen LogP contribution in [-0.4, -0.2) is 13.4 Å². The number of para-hydroxylation sites is 1. The number of nitrogens with one attached hydrogen (secondary N) is 1. The Bertz CT molecular complexity index is 945. The van der Waals surface area contributed by atoms with Crippen LogP contribution in [0.5, 0.6) is 0 Å². The summed E-state index contributed by atoms with van der Waals surface area (Å²) in [5.41, 5.74) is 3.18. The van der Waals surface area contributed by atoms with Crippen LogP contribution in [0.25, 0.3) is 10.9 Å². The van der Waals surface area contributed by atoms with Gasteiger partial charge in [-0.15, -0.1) is 0 Å². The standard InChI is InChI=1S/C17H16N2O2S/c1-12-8-9-15(11-13(12)2)19-22(20,21)16-7-3-5-14-6-4-10-18-17(14)16/h3-11,19H,1-2H3. The van der Waals surface area contributed by atoms with Gasteiger partial charge in [-0.25, -0.2) is 8.42 Å². The smallest absolute Gasteiger partial charge is 0.264 e. The third-order valence-corrected chi connectivity index (χ3v) is 5.06. The van der Waals surface area contributed by atoms with Gasteiger partial charge in [0, 0.05) is 17.3 Å². The molecule has 1 heterocycles. The van der Waals surface area contributed by atoms with Crippen LogP contribution in [0.3, 0.4) is 0 Å². The molecule has 112 valence electrons. The third kappa shape index (κ3) is 2.67. The summed E-state index contributed by atoms with van der Waals surface area (Å²) in [4.78, 5) is 4.39. The normalized spacial score (nSPS) is 11.5. The molecule has 0 unspecified atom stereocenters. The molecule has 1 N–H and O–H groups in total. The van der Waals surface area contributed by atoms with Gasteiger partial charge in [-0.3, -0.25) is 9.71 Å². The molecule has 0 amide bonds. The molecule has 0 saturated heterocycles. The first kappa shape index (κ1) is 14.5. The average molecular weight is 312 g/mol. The zero-order valence-electron chi connectivity index (χ0n) is 12.4. The molecule has 0 spiro atoms. The number of benzene rings is 2. The number of pyridine rings is 1. The van der Waals surface area contributed by atoms with Crippen molar-refractivity contribution >= 4 is 26.6 Å². The van der Waals surface area contributed by atoms with E-state index in [1.54, 1.807) is 30.5 Å². The second-order valence-electron chi connectivity index (χ2n) is 5.24. The summed E-state index contributed by atoms with van der Waals surface area (Å²) in [5, 5.41) is 0.797. The topological polar surface area (TPSA) is 59.1 Å². The number of hydrogen-bond donors (Lipinski definition) is 1. The Morgan fingerprint density at radius 1 is 0.955 bits per heavy atom. The van der Waals surface area contributed by atoms with Crippen LogP contribution >= 0.6 is 0 Å². The van der Waals surface area contributed by atoms with E-state index in [1.807, 2.05) is 38.1 Å². The predicted octanol–water partition coefficient (Wildman–Crippen LogP) is 3.65. The fourth-order valence-corrected chi connectivity index (χ4v) is 3.54. The molecule has 0 bridgehead atoms. The summed E-state index contributed by atoms with van der Waals surface area (Å²) in [6, 6.07) is 14.3. The Morgan fingerprint density at radius 3 is 2.50 bits per heavy atom. The summed E-state index contributed by atoms with van der Waals surface area (Å²) < 4.78 is 27.9. The van der Waals surface area contributed by atoms with Crippen LogP contribution in [0.15, 0.2) is 59.6 Å². The van der Waals surface area contributed by atoms with Crippen LogP contribution in [0, 0.1) is 13.8 Å². The Kier molecular flexibility index (Phi) is 3.58. The van der Waals surface area contributed by atoms with E-state index in [0.29, 0.717) is 11.2 Å². The van der Waals surface area contributed by atoms with Crippen molar-refractivity contribution in [1.82, 2.24) is 4.98 Å². The lowest BCUT2D eigenvalue weighted by atomic mass is 10.1. The van der Waals surface area contributed by atoms with Crippen LogP contribution in [0.2, 0.25) is 0 Å². The van der Waals surface area contributed by atoms with E-state index in [-0.39, 0.29) is 4.90 Å². The third-order valence-electron chi connectivity index (χ3n) is 3.64. The summed E-state index contributed by atoms with van der Waals surface area (Å²) >= 11 is 0. The average Bonchev–Trinajstić information content (AvgIpc) is 2.50. The number of hydrogen-bond acceptors (Lipinski definition) is 3. The monoisotopic (exact) mass is 312 g/mol. The van der Waals surface area contributed by atoms with Crippen molar-refractivity contribution in [2.24, 2.45) is 0 Å². The van der Waals surface area contributed by atoms with Crippen LogP contribution in [-0.2, 0) is 10.0 Å². The van der Waals surface area contributed by atoms with Gasteiger partial charge in [0.25, 0.3) is 10.0 Å². The molecule has 4 nitrogen and oxygen atoms in total. The van der Waals surface area contributed by atoms with Crippen molar-refractivity contribution < 1.29 is 8.42 Å². The minimum atomic E-state index is -3.68. The second kappa shape index (κ2) is 5.42. The summed E-state index contributed by atoms with van der Waals surface area (Å²) in [6.07, 6.45) is 1.59. The van der Waals surface area contributed by atoms with E-state index in [9.17, 15) is 8.42 Å². The molecule has 3 rings (SSSR count). The van der Waals surface area contributed by atoms with Gasteiger partial charge in [-0.2, -0.15) is 0 Å². The second-order valence-corrected chi connectivity index (χ2v) is 6.89. The Hall–Kier alpha value is -2.40. The lowest BCUT2D eigenvalue weighted by molar-refractivity contribution is 0.602. The van der Waals surface area contributed by atoms with Crippen molar-refractivity contribution in [2.75, 3.05) is 4.72 Å². The minimum Gasteiger partial charge on any atom is -0.280 e. The zero-order valence-corrected chi connectivity index (χ0v) is 13.2. The molecule has 5 heteroatoms. The molecule has 0 aliphatic heterocycles. The Morgan fingerprint density at radius 2 is 1.73 bits per heavy atom. The lowest BCUT2D eigenvalue weighted by Crippen LogP contribution is -2.14. The van der Waals surface area contributed by atoms with Crippen LogP contribution in [0.4, 0.5) is 5.69 Å². The number of sulfonamides is 1. The van der Waals surface area contributed by atoms with E-state index < -0.39 is 10.0 Å². The molecule has 2 aromatic carbocycles. The number of fused-ring (bicyclic) bond motifs is 1. The van der Waals surface area contributed by atoms with E-state index in [2.05, 4.69) is 9.71 Å². The first-order valence-corrected chi connectivity index (χ1v) is 8.39. The molecular formula is C17H16N2O2S. The highest BCUT2D eigenvalue weighted by Gasteiger charge is 2.18. The van der Waals surface area contributed by atoms with E-state index in [0.717, 1.165) is 16.5 Å². The number of anilines is 1. The fraction of sp³-hybridized carbons (Fsp3) is 0.118. The number of aromatic nitrogens is 1. The van der Waals surface area contributed by atoms with Crippen molar-refractivity contribution in [1.29, 1.82) is 0 Å². The predicted molar refractivity (Wildman–Crippen MR) is 88.5 cm³/mol. The molecule has 0 aliphatic rings. The highest BCUT2D eigenvalue weighted by molar-refractivity contribution is 7.93. The van der Waals surface area contributed by atoms with E-state index in [1.165, 1.54) is 0 Å². The first-order valence-electron chi connectivity index (χ1n) is 6.91. The largest absolute Gasteiger partial charge is 0.280 e.